The molecule has 0 saturated heterocycles. The molecule has 0 unspecified atom stereocenters. The van der Waals surface area contributed by atoms with E-state index in [1.807, 2.05) is 0 Å². The first kappa shape index (κ1) is 12.9. The van der Waals surface area contributed by atoms with Crippen LogP contribution in [-0.4, -0.2) is 17.6 Å². The highest BCUT2D eigenvalue weighted by Gasteiger charge is 2.29. The second kappa shape index (κ2) is 4.59. The second-order valence-corrected chi connectivity index (χ2v) is 5.55. The first-order chi connectivity index (χ1) is 8.44. The van der Waals surface area contributed by atoms with Crippen LogP contribution in [0.3, 0.4) is 0 Å². The van der Waals surface area contributed by atoms with E-state index in [1.165, 1.54) is 6.20 Å². The molecule has 0 atom stereocenters. The number of nitrogens with one attached hydrogen (secondary N) is 1. The number of pyridine rings is 1. The van der Waals surface area contributed by atoms with Gasteiger partial charge in [0.1, 0.15) is 5.56 Å². The molecule has 4 nitrogen and oxygen atoms in total. The number of esters is 1. The summed E-state index contributed by atoms with van der Waals surface area (Å²) in [6.07, 6.45) is 4.11. The third-order valence-corrected chi connectivity index (χ3v) is 3.48. The molecule has 0 aromatic carbocycles. The van der Waals surface area contributed by atoms with Crippen molar-refractivity contribution < 1.29 is 9.53 Å². The van der Waals surface area contributed by atoms with Gasteiger partial charge in [-0.1, -0.05) is 13.8 Å². The summed E-state index contributed by atoms with van der Waals surface area (Å²) in [6.45, 7) is 6.30. The van der Waals surface area contributed by atoms with Crippen molar-refractivity contribution in [2.75, 3.05) is 6.61 Å². The maximum atomic E-state index is 12.3. The summed E-state index contributed by atoms with van der Waals surface area (Å²) >= 11 is 0. The lowest BCUT2D eigenvalue weighted by molar-refractivity contribution is 0.0524. The molecular weight excluding hydrogens is 230 g/mol. The van der Waals surface area contributed by atoms with E-state index < -0.39 is 5.97 Å². The Bertz CT molecular complexity index is 528. The molecule has 1 aromatic rings. The number of ether oxygens (including phenoxy) is 1. The molecule has 0 aliphatic heterocycles. The van der Waals surface area contributed by atoms with Gasteiger partial charge in [0.2, 0.25) is 0 Å². The minimum atomic E-state index is -0.537. The van der Waals surface area contributed by atoms with Gasteiger partial charge in [-0.25, -0.2) is 4.79 Å². The molecule has 0 amide bonds. The van der Waals surface area contributed by atoms with Crippen LogP contribution in [0.4, 0.5) is 0 Å². The first-order valence-corrected chi connectivity index (χ1v) is 6.35. The van der Waals surface area contributed by atoms with Crippen molar-refractivity contribution in [3.63, 3.8) is 0 Å². The highest BCUT2D eigenvalue weighted by Crippen LogP contribution is 2.32. The van der Waals surface area contributed by atoms with Crippen LogP contribution >= 0.6 is 0 Å². The van der Waals surface area contributed by atoms with E-state index in [2.05, 4.69) is 18.8 Å². The SMILES string of the molecule is CCOC(=O)c1c[nH]c2c(c1=O)CC(C)(C)CC2. The Hall–Kier alpha value is -1.58. The highest BCUT2D eigenvalue weighted by atomic mass is 16.5. The molecule has 4 heteroatoms. The van der Waals surface area contributed by atoms with Crippen LogP contribution in [0.2, 0.25) is 0 Å². The number of carbonyl (C=O) groups excluding carboxylic acids is 1. The zero-order valence-electron chi connectivity index (χ0n) is 11.1. The molecule has 0 saturated carbocycles. The van der Waals surface area contributed by atoms with Gasteiger partial charge in [0.25, 0.3) is 0 Å². The van der Waals surface area contributed by atoms with Gasteiger partial charge in [-0.05, 0) is 31.6 Å². The summed E-state index contributed by atoms with van der Waals surface area (Å²) < 4.78 is 4.89. The summed E-state index contributed by atoms with van der Waals surface area (Å²) in [5.41, 5.74) is 1.78. The molecule has 0 fully saturated rings. The number of H-pyrrole nitrogens is 1. The third kappa shape index (κ3) is 2.33. The first-order valence-electron chi connectivity index (χ1n) is 6.35. The molecular formula is C14H19NO3. The number of rotatable bonds is 2. The van der Waals surface area contributed by atoms with Crippen LogP contribution in [0, 0.1) is 5.41 Å². The predicted octanol–water partition coefficient (Wildman–Crippen LogP) is 2.07. The van der Waals surface area contributed by atoms with Crippen LogP contribution in [0.15, 0.2) is 11.0 Å². The normalized spacial score (nSPS) is 17.1. The molecule has 1 aromatic heterocycles. The largest absolute Gasteiger partial charge is 0.462 e. The van der Waals surface area contributed by atoms with Crippen molar-refractivity contribution >= 4 is 5.97 Å². The summed E-state index contributed by atoms with van der Waals surface area (Å²) in [5, 5.41) is 0. The minimum absolute atomic E-state index is 0.118. The zero-order chi connectivity index (χ0) is 13.3. The quantitative estimate of drug-likeness (QED) is 0.816. The van der Waals surface area contributed by atoms with Gasteiger partial charge in [0.05, 0.1) is 6.61 Å². The molecule has 0 spiro atoms. The van der Waals surface area contributed by atoms with Crippen LogP contribution < -0.4 is 5.43 Å². The highest BCUT2D eigenvalue weighted by molar-refractivity contribution is 5.89. The summed E-state index contributed by atoms with van der Waals surface area (Å²) in [4.78, 5) is 27.0. The molecule has 18 heavy (non-hydrogen) atoms. The average Bonchev–Trinajstić information content (AvgIpc) is 2.30. The van der Waals surface area contributed by atoms with Gasteiger partial charge < -0.3 is 9.72 Å². The smallest absolute Gasteiger partial charge is 0.343 e. The third-order valence-electron chi connectivity index (χ3n) is 3.48. The van der Waals surface area contributed by atoms with E-state index >= 15 is 0 Å². The fourth-order valence-corrected chi connectivity index (χ4v) is 2.41. The van der Waals surface area contributed by atoms with Crippen molar-refractivity contribution in [3.8, 4) is 0 Å². The summed E-state index contributed by atoms with van der Waals surface area (Å²) in [5.74, 6) is -0.537. The molecule has 1 N–H and O–H groups in total. The minimum Gasteiger partial charge on any atom is -0.462 e. The molecule has 1 aliphatic carbocycles. The van der Waals surface area contributed by atoms with Crippen LogP contribution in [0.1, 0.15) is 48.8 Å². The number of fused-ring (bicyclic) bond motifs is 1. The molecule has 2 rings (SSSR count). The van der Waals surface area contributed by atoms with Crippen molar-refractivity contribution in [1.29, 1.82) is 0 Å². The zero-order valence-corrected chi connectivity index (χ0v) is 11.1. The fourth-order valence-electron chi connectivity index (χ4n) is 2.41. The predicted molar refractivity (Wildman–Crippen MR) is 68.8 cm³/mol. The van der Waals surface area contributed by atoms with Crippen LogP contribution in [-0.2, 0) is 17.6 Å². The van der Waals surface area contributed by atoms with E-state index in [-0.39, 0.29) is 23.0 Å². The fraction of sp³-hybridized carbons (Fsp3) is 0.571. The Kier molecular flexibility index (Phi) is 3.28. The average molecular weight is 249 g/mol. The molecule has 0 bridgehead atoms. The maximum absolute atomic E-state index is 12.3. The monoisotopic (exact) mass is 249 g/mol. The summed E-state index contributed by atoms with van der Waals surface area (Å²) in [6, 6.07) is 0. The number of hydrogen-bond acceptors (Lipinski definition) is 3. The lowest BCUT2D eigenvalue weighted by atomic mass is 9.75. The Morgan fingerprint density at radius 1 is 1.50 bits per heavy atom. The Labute approximate surface area is 106 Å². The molecule has 1 heterocycles. The van der Waals surface area contributed by atoms with E-state index in [1.54, 1.807) is 6.92 Å². The number of aromatic amines is 1. The van der Waals surface area contributed by atoms with Gasteiger partial charge in [0.15, 0.2) is 5.43 Å². The molecule has 0 radical (unpaired) electrons. The Morgan fingerprint density at radius 3 is 2.89 bits per heavy atom. The van der Waals surface area contributed by atoms with Crippen molar-refractivity contribution in [1.82, 2.24) is 4.98 Å². The van der Waals surface area contributed by atoms with Gasteiger partial charge in [0, 0.05) is 17.5 Å². The van der Waals surface area contributed by atoms with E-state index in [0.29, 0.717) is 6.42 Å². The maximum Gasteiger partial charge on any atom is 0.343 e. The topological polar surface area (TPSA) is 59.2 Å². The van der Waals surface area contributed by atoms with Crippen molar-refractivity contribution in [3.05, 3.63) is 33.2 Å². The van der Waals surface area contributed by atoms with Crippen LogP contribution in [0.5, 0.6) is 0 Å². The summed E-state index contributed by atoms with van der Waals surface area (Å²) in [7, 11) is 0. The lowest BCUT2D eigenvalue weighted by Gasteiger charge is -2.30. The standard InChI is InChI=1S/C14H19NO3/c1-4-18-13(17)10-8-15-11-5-6-14(2,3)7-9(11)12(10)16/h8H,4-7H2,1-3H3,(H,15,16). The van der Waals surface area contributed by atoms with E-state index in [0.717, 1.165) is 24.1 Å². The van der Waals surface area contributed by atoms with Crippen LogP contribution in [0.25, 0.3) is 0 Å². The number of aryl methyl sites for hydroxylation is 1. The lowest BCUT2D eigenvalue weighted by Crippen LogP contribution is -2.31. The van der Waals surface area contributed by atoms with Gasteiger partial charge in [-0.2, -0.15) is 0 Å². The van der Waals surface area contributed by atoms with Gasteiger partial charge in [-0.3, -0.25) is 4.79 Å². The molecule has 1 aliphatic rings. The molecule has 98 valence electrons. The van der Waals surface area contributed by atoms with Crippen molar-refractivity contribution in [2.24, 2.45) is 5.41 Å². The number of carbonyl (C=O) groups is 1. The number of hydrogen-bond donors (Lipinski definition) is 1. The van der Waals surface area contributed by atoms with E-state index in [4.69, 9.17) is 4.74 Å². The van der Waals surface area contributed by atoms with Crippen molar-refractivity contribution in [2.45, 2.75) is 40.0 Å². The Balaban J connectivity index is 2.44. The van der Waals surface area contributed by atoms with Gasteiger partial charge >= 0.3 is 5.97 Å². The second-order valence-electron chi connectivity index (χ2n) is 5.55. The van der Waals surface area contributed by atoms with Gasteiger partial charge in [-0.15, -0.1) is 0 Å². The Morgan fingerprint density at radius 2 is 2.22 bits per heavy atom. The van der Waals surface area contributed by atoms with E-state index in [9.17, 15) is 9.59 Å². The number of aromatic nitrogens is 1.